The van der Waals surface area contributed by atoms with E-state index in [1.807, 2.05) is 0 Å². The molecule has 0 spiro atoms. The molecule has 1 unspecified atom stereocenters. The van der Waals surface area contributed by atoms with Crippen LogP contribution in [0.15, 0.2) is 23.9 Å². The highest BCUT2D eigenvalue weighted by atomic mass is 32.1. The molecule has 1 aliphatic heterocycles. The lowest BCUT2D eigenvalue weighted by Gasteiger charge is -2.29. The fraction of sp³-hybridized carbons (Fsp3) is 0.375. The molecule has 0 aromatic carbocycles. The van der Waals surface area contributed by atoms with E-state index in [4.69, 9.17) is 12.2 Å². The van der Waals surface area contributed by atoms with Crippen LogP contribution in [0.4, 0.5) is 0 Å². The molecular weight excluding hydrogens is 156 g/mol. The van der Waals surface area contributed by atoms with E-state index in [0.717, 1.165) is 18.1 Å². The number of hydrogen-bond acceptors (Lipinski definition) is 1. The second kappa shape index (κ2) is 2.66. The van der Waals surface area contributed by atoms with Gasteiger partial charge in [-0.05, 0) is 24.7 Å². The van der Waals surface area contributed by atoms with Crippen LogP contribution in [0.3, 0.4) is 0 Å². The molecule has 2 rings (SSSR count). The monoisotopic (exact) mass is 166 g/mol. The molecule has 0 radical (unpaired) electrons. The second-order valence-corrected chi connectivity index (χ2v) is 3.23. The van der Waals surface area contributed by atoms with Gasteiger partial charge in [0.1, 0.15) is 0 Å². The Bertz CT molecular complexity index is 242. The summed E-state index contributed by atoms with van der Waals surface area (Å²) >= 11 is 4.99. The average molecular weight is 166 g/mol. The molecule has 1 atom stereocenters. The van der Waals surface area contributed by atoms with Gasteiger partial charge in [0.15, 0.2) is 5.11 Å². The van der Waals surface area contributed by atoms with E-state index >= 15 is 0 Å². The predicted octanol–water partition coefficient (Wildman–Crippen LogP) is 0.924. The fourth-order valence-corrected chi connectivity index (χ4v) is 1.61. The minimum atomic E-state index is 0.603. The summed E-state index contributed by atoms with van der Waals surface area (Å²) in [5, 5.41) is 7.03. The molecule has 0 saturated carbocycles. The van der Waals surface area contributed by atoms with Gasteiger partial charge in [-0.15, -0.1) is 0 Å². The summed E-state index contributed by atoms with van der Waals surface area (Å²) in [4.78, 5) is 0. The highest BCUT2D eigenvalue weighted by Gasteiger charge is 2.20. The Labute approximate surface area is 71.4 Å². The lowest BCUT2D eigenvalue weighted by molar-refractivity contribution is 0.544. The minimum absolute atomic E-state index is 0.603. The van der Waals surface area contributed by atoms with E-state index < -0.39 is 0 Å². The first-order valence-electron chi connectivity index (χ1n) is 3.78. The van der Waals surface area contributed by atoms with Gasteiger partial charge >= 0.3 is 0 Å². The molecule has 2 aliphatic rings. The van der Waals surface area contributed by atoms with E-state index in [1.54, 1.807) is 0 Å². The molecule has 0 aromatic rings. The van der Waals surface area contributed by atoms with Crippen LogP contribution in [-0.4, -0.2) is 11.7 Å². The largest absolute Gasteiger partial charge is 0.362 e. The van der Waals surface area contributed by atoms with Gasteiger partial charge < -0.3 is 10.6 Å². The van der Waals surface area contributed by atoms with Gasteiger partial charge in [-0.1, -0.05) is 12.2 Å². The van der Waals surface area contributed by atoms with Crippen molar-refractivity contribution in [2.75, 3.05) is 6.54 Å². The quantitative estimate of drug-likeness (QED) is 0.523. The zero-order valence-electron chi connectivity index (χ0n) is 6.13. The Balaban J connectivity index is 2.18. The summed E-state index contributed by atoms with van der Waals surface area (Å²) in [5.41, 5.74) is 1.26. The summed E-state index contributed by atoms with van der Waals surface area (Å²) in [5.74, 6) is 0.603. The first kappa shape index (κ1) is 6.85. The molecule has 3 heteroatoms. The number of fused-ring (bicyclic) bond motifs is 1. The maximum Gasteiger partial charge on any atom is 0.170 e. The second-order valence-electron chi connectivity index (χ2n) is 2.82. The Kier molecular flexibility index (Phi) is 1.66. The molecule has 0 aromatic heterocycles. The molecule has 1 aliphatic carbocycles. The summed E-state index contributed by atoms with van der Waals surface area (Å²) in [7, 11) is 0. The highest BCUT2D eigenvalue weighted by Crippen LogP contribution is 2.19. The number of rotatable bonds is 0. The maximum atomic E-state index is 4.99. The van der Waals surface area contributed by atoms with E-state index in [9.17, 15) is 0 Å². The van der Waals surface area contributed by atoms with Gasteiger partial charge in [0.25, 0.3) is 0 Å². The van der Waals surface area contributed by atoms with Crippen LogP contribution in [0, 0.1) is 5.92 Å². The molecule has 2 N–H and O–H groups in total. The van der Waals surface area contributed by atoms with E-state index in [0.29, 0.717) is 5.92 Å². The Morgan fingerprint density at radius 1 is 1.55 bits per heavy atom. The van der Waals surface area contributed by atoms with Gasteiger partial charge in [-0.3, -0.25) is 0 Å². The van der Waals surface area contributed by atoms with Crippen molar-refractivity contribution in [2.24, 2.45) is 5.92 Å². The van der Waals surface area contributed by atoms with Crippen LogP contribution in [0.2, 0.25) is 0 Å². The average Bonchev–Trinajstić information content (AvgIpc) is 2.04. The van der Waals surface area contributed by atoms with E-state index in [2.05, 4.69) is 28.9 Å². The molecule has 1 fully saturated rings. The van der Waals surface area contributed by atoms with Crippen molar-refractivity contribution in [3.63, 3.8) is 0 Å². The van der Waals surface area contributed by atoms with Crippen molar-refractivity contribution in [3.8, 4) is 0 Å². The number of allylic oxidation sites excluding steroid dienone is 3. The highest BCUT2D eigenvalue weighted by molar-refractivity contribution is 7.80. The topological polar surface area (TPSA) is 24.1 Å². The first-order chi connectivity index (χ1) is 5.36. The number of thiocarbonyl (C=S) groups is 1. The lowest BCUT2D eigenvalue weighted by Crippen LogP contribution is -2.46. The zero-order valence-corrected chi connectivity index (χ0v) is 6.95. The summed E-state index contributed by atoms with van der Waals surface area (Å²) in [6.07, 6.45) is 7.48. The summed E-state index contributed by atoms with van der Waals surface area (Å²) < 4.78 is 0. The lowest BCUT2D eigenvalue weighted by atomic mass is 9.96. The van der Waals surface area contributed by atoms with Crippen molar-refractivity contribution in [2.45, 2.75) is 6.42 Å². The summed E-state index contributed by atoms with van der Waals surface area (Å²) in [6.45, 7) is 0.974. The van der Waals surface area contributed by atoms with Gasteiger partial charge in [0, 0.05) is 18.2 Å². The van der Waals surface area contributed by atoms with Crippen LogP contribution in [0.5, 0.6) is 0 Å². The SMILES string of the molecule is S=C1NCC2CC=CC=C2N1. The molecule has 1 saturated heterocycles. The van der Waals surface area contributed by atoms with E-state index in [-0.39, 0.29) is 0 Å². The molecule has 0 bridgehead atoms. The Morgan fingerprint density at radius 3 is 3.36 bits per heavy atom. The first-order valence-corrected chi connectivity index (χ1v) is 4.18. The molecule has 58 valence electrons. The Hall–Kier alpha value is -0.830. The maximum absolute atomic E-state index is 4.99. The van der Waals surface area contributed by atoms with Crippen molar-refractivity contribution >= 4 is 17.3 Å². The van der Waals surface area contributed by atoms with Crippen LogP contribution < -0.4 is 10.6 Å². The van der Waals surface area contributed by atoms with Crippen LogP contribution in [-0.2, 0) is 0 Å². The van der Waals surface area contributed by atoms with Gasteiger partial charge in [0.05, 0.1) is 0 Å². The smallest absolute Gasteiger partial charge is 0.170 e. The third kappa shape index (κ3) is 1.28. The third-order valence-electron chi connectivity index (χ3n) is 2.04. The number of nitrogens with one attached hydrogen (secondary N) is 2. The number of hydrogen-bond donors (Lipinski definition) is 2. The molecule has 2 nitrogen and oxygen atoms in total. The summed E-state index contributed by atoms with van der Waals surface area (Å²) in [6, 6.07) is 0. The van der Waals surface area contributed by atoms with Crippen molar-refractivity contribution in [1.29, 1.82) is 0 Å². The normalized spacial score (nSPS) is 28.2. The van der Waals surface area contributed by atoms with Gasteiger partial charge in [-0.2, -0.15) is 0 Å². The molecule has 0 amide bonds. The third-order valence-corrected chi connectivity index (χ3v) is 2.29. The molecule has 1 heterocycles. The molecule has 11 heavy (non-hydrogen) atoms. The zero-order chi connectivity index (χ0) is 7.68. The van der Waals surface area contributed by atoms with Crippen molar-refractivity contribution in [1.82, 2.24) is 10.6 Å². The Morgan fingerprint density at radius 2 is 2.45 bits per heavy atom. The van der Waals surface area contributed by atoms with Gasteiger partial charge in [-0.25, -0.2) is 0 Å². The van der Waals surface area contributed by atoms with Gasteiger partial charge in [0.2, 0.25) is 0 Å². The molecular formula is C8H10N2S. The van der Waals surface area contributed by atoms with Crippen molar-refractivity contribution in [3.05, 3.63) is 23.9 Å². The van der Waals surface area contributed by atoms with Crippen LogP contribution >= 0.6 is 12.2 Å². The standard InChI is InChI=1S/C8H10N2S/c11-8-9-5-6-3-1-2-4-7(6)10-8/h1-2,4,6H,3,5H2,(H2,9,10,11). The van der Waals surface area contributed by atoms with Crippen LogP contribution in [0.1, 0.15) is 6.42 Å². The predicted molar refractivity (Wildman–Crippen MR) is 49.1 cm³/mol. The van der Waals surface area contributed by atoms with Crippen LogP contribution in [0.25, 0.3) is 0 Å². The van der Waals surface area contributed by atoms with E-state index in [1.165, 1.54) is 5.70 Å². The van der Waals surface area contributed by atoms with Crippen molar-refractivity contribution < 1.29 is 0 Å². The fourth-order valence-electron chi connectivity index (χ4n) is 1.41. The minimum Gasteiger partial charge on any atom is -0.362 e.